The van der Waals surface area contributed by atoms with Crippen molar-refractivity contribution in [2.24, 2.45) is 0 Å². The molecule has 0 N–H and O–H groups in total. The van der Waals surface area contributed by atoms with E-state index in [1.165, 1.54) is 6.07 Å². The van der Waals surface area contributed by atoms with Gasteiger partial charge in [0.25, 0.3) is 6.43 Å². The molecule has 0 bridgehead atoms. The summed E-state index contributed by atoms with van der Waals surface area (Å²) in [5.41, 5.74) is 0.544. The number of pyridine rings is 1. The molecule has 0 aliphatic carbocycles. The highest BCUT2D eigenvalue weighted by Gasteiger charge is 2.20. The van der Waals surface area contributed by atoms with Crippen molar-refractivity contribution in [1.29, 1.82) is 0 Å². The number of ether oxygens (including phenoxy) is 1. The summed E-state index contributed by atoms with van der Waals surface area (Å²) in [5, 5.41) is 0.318. The molecule has 0 saturated carbocycles. The summed E-state index contributed by atoms with van der Waals surface area (Å²) in [7, 11) is 0. The lowest BCUT2D eigenvalue weighted by Gasteiger charge is -2.12. The van der Waals surface area contributed by atoms with Crippen LogP contribution in [0.1, 0.15) is 30.2 Å². The fourth-order valence-electron chi connectivity index (χ4n) is 1.48. The van der Waals surface area contributed by atoms with Crippen LogP contribution in [0.5, 0.6) is 0 Å². The van der Waals surface area contributed by atoms with E-state index in [1.807, 2.05) is 22.6 Å². The molecular weight excluding hydrogens is 423 g/mol. The van der Waals surface area contributed by atoms with Crippen LogP contribution in [0, 0.1) is 3.70 Å². The predicted molar refractivity (Wildman–Crippen MR) is 74.9 cm³/mol. The Balaban J connectivity index is 3.16. The number of hydrogen-bond donors (Lipinski definition) is 0. The topological polar surface area (TPSA) is 39.2 Å². The molecule has 3 nitrogen and oxygen atoms in total. The zero-order chi connectivity index (χ0) is 13.7. The van der Waals surface area contributed by atoms with E-state index in [0.717, 1.165) is 0 Å². The summed E-state index contributed by atoms with van der Waals surface area (Å²) in [6.45, 7) is 1.90. The SMILES string of the molecule is CCOC(=O)Cc1c(C(F)F)cc(I)nc1CBr. The number of esters is 1. The molecule has 0 aromatic carbocycles. The van der Waals surface area contributed by atoms with E-state index >= 15 is 0 Å². The monoisotopic (exact) mass is 433 g/mol. The third-order valence-corrected chi connectivity index (χ3v) is 3.29. The van der Waals surface area contributed by atoms with Gasteiger partial charge in [-0.15, -0.1) is 0 Å². The van der Waals surface area contributed by atoms with Gasteiger partial charge in [-0.2, -0.15) is 0 Å². The summed E-state index contributed by atoms with van der Waals surface area (Å²) >= 11 is 5.07. The van der Waals surface area contributed by atoms with Crippen LogP contribution in [-0.4, -0.2) is 17.6 Å². The molecule has 1 rings (SSSR count). The summed E-state index contributed by atoms with van der Waals surface area (Å²) in [5.74, 6) is -0.524. The van der Waals surface area contributed by atoms with Gasteiger partial charge in [0.1, 0.15) is 3.70 Å². The molecular formula is C11H11BrF2INO2. The number of carbonyl (C=O) groups is 1. The minimum atomic E-state index is -2.64. The first-order valence-corrected chi connectivity index (χ1v) is 7.37. The Labute approximate surface area is 126 Å². The third kappa shape index (κ3) is 4.11. The van der Waals surface area contributed by atoms with Gasteiger partial charge in [0.05, 0.1) is 18.7 Å². The second kappa shape index (κ2) is 7.32. The minimum absolute atomic E-state index is 0.156. The molecule has 0 aliphatic rings. The highest BCUT2D eigenvalue weighted by Crippen LogP contribution is 2.28. The summed E-state index contributed by atoms with van der Waals surface area (Å²) < 4.78 is 31.2. The molecule has 0 radical (unpaired) electrons. The average Bonchev–Trinajstić information content (AvgIpc) is 2.30. The Morgan fingerprint density at radius 1 is 1.61 bits per heavy atom. The minimum Gasteiger partial charge on any atom is -0.466 e. The quantitative estimate of drug-likeness (QED) is 0.308. The van der Waals surface area contributed by atoms with Gasteiger partial charge in [0, 0.05) is 10.9 Å². The van der Waals surface area contributed by atoms with E-state index in [0.29, 0.717) is 14.7 Å². The van der Waals surface area contributed by atoms with Crippen LogP contribution in [0.4, 0.5) is 8.78 Å². The molecule has 0 spiro atoms. The van der Waals surface area contributed by atoms with Crippen molar-refractivity contribution in [3.8, 4) is 0 Å². The molecule has 1 aromatic heterocycles. The molecule has 0 amide bonds. The number of rotatable bonds is 5. The van der Waals surface area contributed by atoms with Crippen molar-refractivity contribution in [3.63, 3.8) is 0 Å². The summed E-state index contributed by atoms with van der Waals surface area (Å²) in [6.07, 6.45) is -2.82. The molecule has 18 heavy (non-hydrogen) atoms. The number of alkyl halides is 3. The van der Waals surface area contributed by atoms with E-state index in [9.17, 15) is 13.6 Å². The molecule has 1 aromatic rings. The summed E-state index contributed by atoms with van der Waals surface area (Å²) in [6, 6.07) is 1.30. The van der Waals surface area contributed by atoms with Crippen molar-refractivity contribution >= 4 is 44.5 Å². The maximum atomic E-state index is 13.0. The first kappa shape index (κ1) is 15.7. The lowest BCUT2D eigenvalue weighted by atomic mass is 10.0. The van der Waals surface area contributed by atoms with Crippen LogP contribution in [0.15, 0.2) is 6.07 Å². The molecule has 0 atom stereocenters. The smallest absolute Gasteiger partial charge is 0.310 e. The van der Waals surface area contributed by atoms with Crippen molar-refractivity contribution in [2.75, 3.05) is 6.61 Å². The number of aromatic nitrogens is 1. The zero-order valence-electron chi connectivity index (χ0n) is 9.55. The van der Waals surface area contributed by atoms with Crippen molar-refractivity contribution in [3.05, 3.63) is 26.6 Å². The zero-order valence-corrected chi connectivity index (χ0v) is 13.3. The van der Waals surface area contributed by atoms with Gasteiger partial charge >= 0.3 is 5.97 Å². The van der Waals surface area contributed by atoms with Gasteiger partial charge in [-0.1, -0.05) is 15.9 Å². The molecule has 0 fully saturated rings. The van der Waals surface area contributed by atoms with E-state index < -0.39 is 12.4 Å². The second-order valence-electron chi connectivity index (χ2n) is 3.38. The Hall–Kier alpha value is -0.310. The van der Waals surface area contributed by atoms with Gasteiger partial charge < -0.3 is 4.74 Å². The van der Waals surface area contributed by atoms with E-state index in [1.54, 1.807) is 6.92 Å². The van der Waals surface area contributed by atoms with Gasteiger partial charge in [-0.3, -0.25) is 4.79 Å². The van der Waals surface area contributed by atoms with Gasteiger partial charge in [0.2, 0.25) is 0 Å². The van der Waals surface area contributed by atoms with E-state index in [4.69, 9.17) is 4.74 Å². The van der Waals surface area contributed by atoms with Gasteiger partial charge in [-0.05, 0) is 41.1 Å². The number of carbonyl (C=O) groups excluding carboxylic acids is 1. The Kier molecular flexibility index (Phi) is 6.40. The van der Waals surface area contributed by atoms with E-state index in [2.05, 4.69) is 20.9 Å². The van der Waals surface area contributed by atoms with Gasteiger partial charge in [0.15, 0.2) is 0 Å². The van der Waals surface area contributed by atoms with Crippen LogP contribution in [0.25, 0.3) is 0 Å². The molecule has 0 aliphatic heterocycles. The fraction of sp³-hybridized carbons (Fsp3) is 0.455. The molecule has 0 saturated heterocycles. The Bertz CT molecular complexity index is 443. The van der Waals surface area contributed by atoms with E-state index in [-0.39, 0.29) is 24.2 Å². The number of halogens is 4. The molecule has 0 unspecified atom stereocenters. The Morgan fingerprint density at radius 3 is 2.78 bits per heavy atom. The highest BCUT2D eigenvalue weighted by molar-refractivity contribution is 14.1. The second-order valence-corrected chi connectivity index (χ2v) is 5.04. The lowest BCUT2D eigenvalue weighted by molar-refractivity contribution is -0.142. The summed E-state index contributed by atoms with van der Waals surface area (Å²) in [4.78, 5) is 15.6. The van der Waals surface area contributed by atoms with Crippen LogP contribution in [0.3, 0.4) is 0 Å². The molecule has 7 heteroatoms. The maximum Gasteiger partial charge on any atom is 0.310 e. The fourth-order valence-corrected chi connectivity index (χ4v) is 2.57. The third-order valence-electron chi connectivity index (χ3n) is 2.20. The normalized spacial score (nSPS) is 10.8. The van der Waals surface area contributed by atoms with Gasteiger partial charge in [-0.25, -0.2) is 13.8 Å². The highest BCUT2D eigenvalue weighted by atomic mass is 127. The van der Waals surface area contributed by atoms with Crippen LogP contribution >= 0.6 is 38.5 Å². The number of nitrogens with zero attached hydrogens (tertiary/aromatic N) is 1. The van der Waals surface area contributed by atoms with Crippen LogP contribution < -0.4 is 0 Å². The average molecular weight is 434 g/mol. The molecule has 100 valence electrons. The first-order valence-electron chi connectivity index (χ1n) is 5.17. The largest absolute Gasteiger partial charge is 0.466 e. The Morgan fingerprint density at radius 2 is 2.28 bits per heavy atom. The van der Waals surface area contributed by atoms with Crippen molar-refractivity contribution in [2.45, 2.75) is 25.1 Å². The van der Waals surface area contributed by atoms with Crippen LogP contribution in [-0.2, 0) is 21.3 Å². The maximum absolute atomic E-state index is 13.0. The van der Waals surface area contributed by atoms with Crippen molar-refractivity contribution < 1.29 is 18.3 Å². The molecule has 1 heterocycles. The lowest BCUT2D eigenvalue weighted by Crippen LogP contribution is -2.13. The first-order chi connectivity index (χ1) is 8.49. The number of hydrogen-bond acceptors (Lipinski definition) is 3. The van der Waals surface area contributed by atoms with Crippen LogP contribution in [0.2, 0.25) is 0 Å². The van der Waals surface area contributed by atoms with Crippen molar-refractivity contribution in [1.82, 2.24) is 4.98 Å². The predicted octanol–water partition coefficient (Wildman–Crippen LogP) is 3.62. The standard InChI is InChI=1S/C11H11BrF2INO2/c1-2-18-10(17)4-6-7(11(13)14)3-9(15)16-8(6)5-12/h3,11H,2,4-5H2,1H3.